The molecule has 0 amide bonds. The van der Waals surface area contributed by atoms with Crippen LogP contribution in [0.15, 0.2) is 49.1 Å². The molecule has 0 atom stereocenters. The van der Waals surface area contributed by atoms with Crippen LogP contribution in [0, 0.1) is 0 Å². The van der Waals surface area contributed by atoms with Gasteiger partial charge < -0.3 is 5.11 Å². The third-order valence-corrected chi connectivity index (χ3v) is 1.89. The molecule has 2 heteroatoms. The second kappa shape index (κ2) is 8.48. The predicted octanol–water partition coefficient (Wildman–Crippen LogP) is 3.76. The van der Waals surface area contributed by atoms with Gasteiger partial charge in [0.05, 0.1) is 0 Å². The molecule has 1 aromatic carbocycles. The Bertz CT molecular complexity index is 339. The largest absolute Gasteiger partial charge is 0.478 e. The van der Waals surface area contributed by atoms with Gasteiger partial charge in [-0.2, -0.15) is 0 Å². The highest BCUT2D eigenvalue weighted by Crippen LogP contribution is 1.99. The van der Waals surface area contributed by atoms with Crippen LogP contribution < -0.4 is 0 Å². The van der Waals surface area contributed by atoms with E-state index < -0.39 is 5.97 Å². The van der Waals surface area contributed by atoms with E-state index in [4.69, 9.17) is 5.11 Å². The number of rotatable bonds is 4. The highest BCUT2D eigenvalue weighted by molar-refractivity contribution is 5.85. The van der Waals surface area contributed by atoms with E-state index in [1.54, 1.807) is 0 Å². The lowest BCUT2D eigenvalue weighted by Gasteiger charge is -1.92. The van der Waals surface area contributed by atoms with Gasteiger partial charge in [-0.15, -0.1) is 0 Å². The molecule has 0 saturated carbocycles. The van der Waals surface area contributed by atoms with Crippen molar-refractivity contribution < 1.29 is 9.90 Å². The zero-order valence-corrected chi connectivity index (χ0v) is 9.65. The molecule has 1 rings (SSSR count). The summed E-state index contributed by atoms with van der Waals surface area (Å²) < 4.78 is 0. The smallest absolute Gasteiger partial charge is 0.330 e. The van der Waals surface area contributed by atoms with Crippen LogP contribution in [0.25, 0.3) is 6.08 Å². The predicted molar refractivity (Wildman–Crippen MR) is 68.2 cm³/mol. The second-order valence-corrected chi connectivity index (χ2v) is 3.27. The molecule has 16 heavy (non-hydrogen) atoms. The zero-order valence-electron chi connectivity index (χ0n) is 9.65. The van der Waals surface area contributed by atoms with Crippen molar-refractivity contribution in [3.63, 3.8) is 0 Å². The average molecular weight is 218 g/mol. The molecule has 0 heterocycles. The van der Waals surface area contributed by atoms with Gasteiger partial charge in [0.15, 0.2) is 0 Å². The van der Waals surface area contributed by atoms with Gasteiger partial charge in [-0.05, 0) is 12.0 Å². The van der Waals surface area contributed by atoms with E-state index in [0.29, 0.717) is 12.0 Å². The van der Waals surface area contributed by atoms with E-state index in [9.17, 15) is 4.79 Å². The maximum atomic E-state index is 9.99. The van der Waals surface area contributed by atoms with Gasteiger partial charge in [-0.3, -0.25) is 0 Å². The lowest BCUT2D eigenvalue weighted by Crippen LogP contribution is -1.97. The molecular formula is C14H18O2. The fourth-order valence-corrected chi connectivity index (χ4v) is 0.998. The molecule has 0 aromatic heterocycles. The fourth-order valence-electron chi connectivity index (χ4n) is 0.998. The van der Waals surface area contributed by atoms with Crippen LogP contribution in [0.5, 0.6) is 0 Å². The van der Waals surface area contributed by atoms with Gasteiger partial charge in [0, 0.05) is 5.57 Å². The maximum Gasteiger partial charge on any atom is 0.330 e. The van der Waals surface area contributed by atoms with Gasteiger partial charge in [-0.1, -0.05) is 62.9 Å². The fraction of sp³-hybridized carbons (Fsp3) is 0.214. The molecule has 2 nitrogen and oxygen atoms in total. The van der Waals surface area contributed by atoms with Crippen molar-refractivity contribution in [3.8, 4) is 0 Å². The van der Waals surface area contributed by atoms with Gasteiger partial charge >= 0.3 is 5.97 Å². The summed E-state index contributed by atoms with van der Waals surface area (Å²) in [5.74, 6) is -0.883. The van der Waals surface area contributed by atoms with Crippen molar-refractivity contribution in [1.82, 2.24) is 0 Å². The molecule has 1 N–H and O–H groups in total. The molecule has 0 bridgehead atoms. The number of aliphatic carboxylic acids is 1. The molecule has 0 fully saturated rings. The van der Waals surface area contributed by atoms with Crippen molar-refractivity contribution >= 4 is 12.0 Å². The summed E-state index contributed by atoms with van der Waals surface area (Å²) >= 11 is 0. The summed E-state index contributed by atoms with van der Waals surface area (Å²) in [5, 5.41) is 8.21. The molecule has 0 saturated heterocycles. The van der Waals surface area contributed by atoms with Gasteiger partial charge in [0.2, 0.25) is 0 Å². The minimum absolute atomic E-state index is 0.299. The quantitative estimate of drug-likeness (QED) is 0.781. The summed E-state index contributed by atoms with van der Waals surface area (Å²) in [6.07, 6.45) is 3.28. The highest BCUT2D eigenvalue weighted by atomic mass is 16.4. The zero-order chi connectivity index (χ0) is 12.4. The Labute approximate surface area is 96.9 Å². The van der Waals surface area contributed by atoms with Crippen LogP contribution in [0.3, 0.4) is 0 Å². The van der Waals surface area contributed by atoms with Crippen molar-refractivity contribution in [3.05, 3.63) is 54.6 Å². The Balaban J connectivity index is 0.000000281. The van der Waals surface area contributed by atoms with Gasteiger partial charge in [0.1, 0.15) is 0 Å². The van der Waals surface area contributed by atoms with Crippen LogP contribution in [-0.4, -0.2) is 11.1 Å². The number of carboxylic acids is 1. The summed E-state index contributed by atoms with van der Waals surface area (Å²) in [6, 6.07) is 10.0. The van der Waals surface area contributed by atoms with E-state index in [2.05, 4.69) is 13.2 Å². The van der Waals surface area contributed by atoms with Crippen molar-refractivity contribution in [2.75, 3.05) is 0 Å². The Morgan fingerprint density at radius 3 is 2.19 bits per heavy atom. The van der Waals surface area contributed by atoms with Crippen molar-refractivity contribution in [2.24, 2.45) is 0 Å². The lowest BCUT2D eigenvalue weighted by molar-refractivity contribution is -0.132. The molecule has 0 radical (unpaired) electrons. The van der Waals surface area contributed by atoms with Crippen LogP contribution in [0.4, 0.5) is 0 Å². The van der Waals surface area contributed by atoms with E-state index in [0.717, 1.165) is 6.42 Å². The van der Waals surface area contributed by atoms with Gasteiger partial charge in [0.25, 0.3) is 0 Å². The normalized spacial score (nSPS) is 8.56. The monoisotopic (exact) mass is 218 g/mol. The first kappa shape index (κ1) is 14.2. The second-order valence-electron chi connectivity index (χ2n) is 3.27. The number of hydrogen-bond donors (Lipinski definition) is 1. The third kappa shape index (κ3) is 6.60. The van der Waals surface area contributed by atoms with Crippen molar-refractivity contribution in [2.45, 2.75) is 19.8 Å². The molecule has 0 aliphatic heterocycles. The summed E-state index contributed by atoms with van der Waals surface area (Å²) in [4.78, 5) is 9.99. The minimum atomic E-state index is -0.883. The Hall–Kier alpha value is -1.83. The Kier molecular flexibility index (Phi) is 7.51. The topological polar surface area (TPSA) is 37.3 Å². The summed E-state index contributed by atoms with van der Waals surface area (Å²) in [7, 11) is 0. The van der Waals surface area contributed by atoms with E-state index in [1.807, 2.05) is 43.3 Å². The van der Waals surface area contributed by atoms with E-state index >= 15 is 0 Å². The molecule has 0 aliphatic rings. The molecule has 0 unspecified atom stereocenters. The van der Waals surface area contributed by atoms with Crippen LogP contribution in [0.1, 0.15) is 25.3 Å². The van der Waals surface area contributed by atoms with Crippen molar-refractivity contribution in [1.29, 1.82) is 0 Å². The van der Waals surface area contributed by atoms with Crippen LogP contribution in [-0.2, 0) is 4.79 Å². The average Bonchev–Trinajstić information content (AvgIpc) is 2.31. The SMILES string of the molecule is C=C(CCC)C(=O)O.C=Cc1ccccc1. The Morgan fingerprint density at radius 1 is 1.38 bits per heavy atom. The Morgan fingerprint density at radius 2 is 1.94 bits per heavy atom. The first-order chi connectivity index (χ1) is 7.61. The molecule has 86 valence electrons. The number of carboxylic acid groups (broad SMARTS) is 1. The molecular weight excluding hydrogens is 200 g/mol. The van der Waals surface area contributed by atoms with Gasteiger partial charge in [-0.25, -0.2) is 4.79 Å². The maximum absolute atomic E-state index is 9.99. The first-order valence-electron chi connectivity index (χ1n) is 5.20. The molecule has 0 aliphatic carbocycles. The van der Waals surface area contributed by atoms with E-state index in [-0.39, 0.29) is 0 Å². The lowest BCUT2D eigenvalue weighted by atomic mass is 10.2. The number of hydrogen-bond acceptors (Lipinski definition) is 1. The standard InChI is InChI=1S/C8H8.C6H10O2/c1-2-8-6-4-3-5-7-8;1-3-4-5(2)6(7)8/h2-7H,1H2;2-4H2,1H3,(H,7,8). The van der Waals surface area contributed by atoms with Crippen LogP contribution in [0.2, 0.25) is 0 Å². The number of carbonyl (C=O) groups is 1. The third-order valence-electron chi connectivity index (χ3n) is 1.89. The number of benzene rings is 1. The molecule has 1 aromatic rings. The van der Waals surface area contributed by atoms with E-state index in [1.165, 1.54) is 5.56 Å². The molecule has 0 spiro atoms. The first-order valence-corrected chi connectivity index (χ1v) is 5.20. The van der Waals surface area contributed by atoms with Crippen LogP contribution >= 0.6 is 0 Å². The minimum Gasteiger partial charge on any atom is -0.478 e. The summed E-state index contributed by atoms with van der Waals surface area (Å²) in [6.45, 7) is 8.90. The highest BCUT2D eigenvalue weighted by Gasteiger charge is 1.99. The summed E-state index contributed by atoms with van der Waals surface area (Å²) in [5.41, 5.74) is 1.47.